The van der Waals surface area contributed by atoms with Gasteiger partial charge in [-0.15, -0.1) is 0 Å². The monoisotopic (exact) mass is 265 g/mol. The normalized spacial score (nSPS) is 18.8. The second-order valence-corrected chi connectivity index (χ2v) is 5.70. The minimum Gasteiger partial charge on any atom is -0.384 e. The van der Waals surface area contributed by atoms with Crippen LogP contribution in [-0.2, 0) is 23.1 Å². The standard InChI is InChI=1S/C14H23N3O2/c1-10(2)5-13(18)17-7-11-6-15-16(3)14(11)12(8-17)9-19-4/h6,10,12H,5,7-9H2,1-4H3/t12-/m0/s1. The van der Waals surface area contributed by atoms with Gasteiger partial charge in [0.25, 0.3) is 0 Å². The number of aryl methyl sites for hydroxylation is 1. The average molecular weight is 265 g/mol. The van der Waals surface area contributed by atoms with Crippen LogP contribution < -0.4 is 0 Å². The summed E-state index contributed by atoms with van der Waals surface area (Å²) < 4.78 is 7.20. The van der Waals surface area contributed by atoms with Gasteiger partial charge in [-0.3, -0.25) is 9.48 Å². The van der Waals surface area contributed by atoms with Gasteiger partial charge in [0.05, 0.1) is 18.5 Å². The number of hydrogen-bond acceptors (Lipinski definition) is 3. The summed E-state index contributed by atoms with van der Waals surface area (Å²) in [6, 6.07) is 0. The number of ether oxygens (including phenoxy) is 1. The van der Waals surface area contributed by atoms with Crippen molar-refractivity contribution in [3.8, 4) is 0 Å². The highest BCUT2D eigenvalue weighted by molar-refractivity contribution is 5.76. The van der Waals surface area contributed by atoms with Crippen molar-refractivity contribution in [2.45, 2.75) is 32.7 Å². The number of rotatable bonds is 4. The maximum atomic E-state index is 12.2. The van der Waals surface area contributed by atoms with E-state index in [2.05, 4.69) is 18.9 Å². The van der Waals surface area contributed by atoms with Crippen LogP contribution in [0.15, 0.2) is 6.20 Å². The molecule has 0 unspecified atom stereocenters. The van der Waals surface area contributed by atoms with Gasteiger partial charge < -0.3 is 9.64 Å². The molecule has 0 aliphatic carbocycles. The van der Waals surface area contributed by atoms with Gasteiger partial charge in [-0.2, -0.15) is 5.10 Å². The van der Waals surface area contributed by atoms with Crippen LogP contribution in [0.2, 0.25) is 0 Å². The van der Waals surface area contributed by atoms with Crippen molar-refractivity contribution in [2.75, 3.05) is 20.3 Å². The van der Waals surface area contributed by atoms with Crippen molar-refractivity contribution in [2.24, 2.45) is 13.0 Å². The molecule has 106 valence electrons. The van der Waals surface area contributed by atoms with E-state index in [9.17, 15) is 4.79 Å². The van der Waals surface area contributed by atoms with E-state index in [1.165, 1.54) is 5.69 Å². The van der Waals surface area contributed by atoms with Crippen LogP contribution in [0.3, 0.4) is 0 Å². The molecule has 2 rings (SSSR count). The van der Waals surface area contributed by atoms with Gasteiger partial charge in [-0.25, -0.2) is 0 Å². The van der Waals surface area contributed by atoms with E-state index in [-0.39, 0.29) is 11.8 Å². The van der Waals surface area contributed by atoms with E-state index in [0.29, 0.717) is 25.5 Å². The van der Waals surface area contributed by atoms with Gasteiger partial charge in [0.2, 0.25) is 5.91 Å². The maximum Gasteiger partial charge on any atom is 0.223 e. The Morgan fingerprint density at radius 1 is 1.58 bits per heavy atom. The van der Waals surface area contributed by atoms with E-state index in [1.54, 1.807) is 7.11 Å². The largest absolute Gasteiger partial charge is 0.384 e. The van der Waals surface area contributed by atoms with Crippen molar-refractivity contribution in [3.63, 3.8) is 0 Å². The zero-order chi connectivity index (χ0) is 14.0. The first kappa shape index (κ1) is 14.1. The Labute approximate surface area is 114 Å². The zero-order valence-electron chi connectivity index (χ0n) is 12.2. The highest BCUT2D eigenvalue weighted by atomic mass is 16.5. The number of aromatic nitrogens is 2. The molecule has 1 amide bonds. The zero-order valence-corrected chi connectivity index (χ0v) is 12.2. The third kappa shape index (κ3) is 2.97. The smallest absolute Gasteiger partial charge is 0.223 e. The first-order chi connectivity index (χ1) is 9.02. The van der Waals surface area contributed by atoms with Crippen LogP contribution in [0.1, 0.15) is 37.4 Å². The molecule has 5 nitrogen and oxygen atoms in total. The molecule has 1 atom stereocenters. The molecule has 0 fully saturated rings. The van der Waals surface area contributed by atoms with Gasteiger partial charge in [0, 0.05) is 45.1 Å². The molecule has 1 aromatic heterocycles. The molecule has 0 radical (unpaired) electrons. The van der Waals surface area contributed by atoms with Gasteiger partial charge in [0.15, 0.2) is 0 Å². The Bertz CT molecular complexity index is 454. The Balaban J connectivity index is 2.18. The molecule has 5 heteroatoms. The van der Waals surface area contributed by atoms with Crippen LogP contribution in [0, 0.1) is 5.92 Å². The molecule has 0 aromatic carbocycles. The Kier molecular flexibility index (Phi) is 4.24. The summed E-state index contributed by atoms with van der Waals surface area (Å²) in [5.74, 6) is 0.839. The number of methoxy groups -OCH3 is 1. The lowest BCUT2D eigenvalue weighted by atomic mass is 9.96. The fourth-order valence-corrected chi connectivity index (χ4v) is 2.76. The van der Waals surface area contributed by atoms with E-state index < -0.39 is 0 Å². The topological polar surface area (TPSA) is 47.4 Å². The summed E-state index contributed by atoms with van der Waals surface area (Å²) in [6.07, 6.45) is 2.47. The van der Waals surface area contributed by atoms with Gasteiger partial charge in [-0.05, 0) is 5.92 Å². The Hall–Kier alpha value is -1.36. The highest BCUT2D eigenvalue weighted by Gasteiger charge is 2.30. The second-order valence-electron chi connectivity index (χ2n) is 5.70. The molecular weight excluding hydrogens is 242 g/mol. The quantitative estimate of drug-likeness (QED) is 0.829. The molecule has 0 bridgehead atoms. The summed E-state index contributed by atoms with van der Waals surface area (Å²) in [5.41, 5.74) is 2.35. The number of amides is 1. The van der Waals surface area contributed by atoms with Crippen LogP contribution in [0.25, 0.3) is 0 Å². The summed E-state index contributed by atoms with van der Waals surface area (Å²) in [4.78, 5) is 14.2. The Morgan fingerprint density at radius 2 is 2.32 bits per heavy atom. The summed E-state index contributed by atoms with van der Waals surface area (Å²) in [7, 11) is 3.65. The third-order valence-electron chi connectivity index (χ3n) is 3.56. The number of fused-ring (bicyclic) bond motifs is 1. The molecule has 1 aromatic rings. The van der Waals surface area contributed by atoms with Gasteiger partial charge in [0.1, 0.15) is 0 Å². The van der Waals surface area contributed by atoms with Gasteiger partial charge >= 0.3 is 0 Å². The number of hydrogen-bond donors (Lipinski definition) is 0. The summed E-state index contributed by atoms with van der Waals surface area (Å²) in [5, 5.41) is 4.31. The molecule has 0 saturated carbocycles. The van der Waals surface area contributed by atoms with Crippen molar-refractivity contribution in [3.05, 3.63) is 17.5 Å². The molecule has 19 heavy (non-hydrogen) atoms. The lowest BCUT2D eigenvalue weighted by Gasteiger charge is -2.33. The molecule has 0 saturated heterocycles. The minimum atomic E-state index is 0.220. The van der Waals surface area contributed by atoms with E-state index in [1.807, 2.05) is 22.8 Å². The fourth-order valence-electron chi connectivity index (χ4n) is 2.76. The molecular formula is C14H23N3O2. The molecule has 0 N–H and O–H groups in total. The molecule has 1 aliphatic rings. The van der Waals surface area contributed by atoms with Gasteiger partial charge in [-0.1, -0.05) is 13.8 Å². The first-order valence-electron chi connectivity index (χ1n) is 6.80. The molecule has 0 spiro atoms. The molecule has 2 heterocycles. The predicted octanol–water partition coefficient (Wildman–Crippen LogP) is 1.54. The third-order valence-corrected chi connectivity index (χ3v) is 3.56. The Morgan fingerprint density at radius 3 is 2.95 bits per heavy atom. The van der Waals surface area contributed by atoms with Crippen molar-refractivity contribution >= 4 is 5.91 Å². The maximum absolute atomic E-state index is 12.2. The highest BCUT2D eigenvalue weighted by Crippen LogP contribution is 2.28. The fraction of sp³-hybridized carbons (Fsp3) is 0.714. The van der Waals surface area contributed by atoms with Crippen molar-refractivity contribution in [1.29, 1.82) is 0 Å². The van der Waals surface area contributed by atoms with E-state index in [4.69, 9.17) is 4.74 Å². The van der Waals surface area contributed by atoms with E-state index >= 15 is 0 Å². The summed E-state index contributed by atoms with van der Waals surface area (Å²) in [6.45, 7) is 6.17. The van der Waals surface area contributed by atoms with Crippen LogP contribution in [0.4, 0.5) is 0 Å². The lowest BCUT2D eigenvalue weighted by molar-refractivity contribution is -0.133. The number of carbonyl (C=O) groups excluding carboxylic acids is 1. The van der Waals surface area contributed by atoms with Crippen molar-refractivity contribution < 1.29 is 9.53 Å². The number of nitrogens with zero attached hydrogens (tertiary/aromatic N) is 3. The lowest BCUT2D eigenvalue weighted by Crippen LogP contribution is -2.40. The van der Waals surface area contributed by atoms with Crippen LogP contribution >= 0.6 is 0 Å². The van der Waals surface area contributed by atoms with Crippen LogP contribution in [0.5, 0.6) is 0 Å². The van der Waals surface area contributed by atoms with Crippen molar-refractivity contribution in [1.82, 2.24) is 14.7 Å². The van der Waals surface area contributed by atoms with Crippen LogP contribution in [-0.4, -0.2) is 40.8 Å². The minimum absolute atomic E-state index is 0.220. The number of carbonyl (C=O) groups is 1. The SMILES string of the molecule is COC[C@@H]1CN(C(=O)CC(C)C)Cc2cnn(C)c21. The predicted molar refractivity (Wildman–Crippen MR) is 72.7 cm³/mol. The van der Waals surface area contributed by atoms with E-state index in [0.717, 1.165) is 12.1 Å². The average Bonchev–Trinajstić information content (AvgIpc) is 2.71. The summed E-state index contributed by atoms with van der Waals surface area (Å²) >= 11 is 0. The second kappa shape index (κ2) is 5.74. The first-order valence-corrected chi connectivity index (χ1v) is 6.80. The molecule has 1 aliphatic heterocycles.